The molecule has 2 rings (SSSR count). The number of rotatable bonds is 7. The molecule has 0 heterocycles. The molecule has 2 aromatic carbocycles. The third-order valence-corrected chi connectivity index (χ3v) is 4.15. The van der Waals surface area contributed by atoms with Gasteiger partial charge in [-0.3, -0.25) is 9.89 Å². The minimum atomic E-state index is 0.445. The molecule has 4 nitrogen and oxygen atoms in total. The fraction of sp³-hybridized carbons (Fsp3) is 0.350. The van der Waals surface area contributed by atoms with Crippen molar-refractivity contribution in [1.82, 2.24) is 4.90 Å². The van der Waals surface area contributed by atoms with Crippen molar-refractivity contribution in [2.45, 2.75) is 32.9 Å². The van der Waals surface area contributed by atoms with Crippen LogP contribution < -0.4 is 11.1 Å². The Kier molecular flexibility index (Phi) is 6.82. The number of nitrogens with zero attached hydrogens (tertiary/aromatic N) is 2. The number of aliphatic imine (C=N–C) groups is 1. The Balaban J connectivity index is 1.77. The van der Waals surface area contributed by atoms with Crippen LogP contribution in [0, 0.1) is 6.92 Å². The Morgan fingerprint density at radius 1 is 1.17 bits per heavy atom. The van der Waals surface area contributed by atoms with Crippen molar-refractivity contribution in [2.24, 2.45) is 10.7 Å². The normalized spacial score (nSPS) is 13.1. The van der Waals surface area contributed by atoms with Gasteiger partial charge in [-0.1, -0.05) is 42.5 Å². The minimum Gasteiger partial charge on any atom is -0.370 e. The summed E-state index contributed by atoms with van der Waals surface area (Å²) in [6.45, 7) is 5.94. The first-order valence-corrected chi connectivity index (χ1v) is 8.42. The second-order valence-corrected chi connectivity index (χ2v) is 6.30. The monoisotopic (exact) mass is 324 g/mol. The first kappa shape index (κ1) is 18.0. The summed E-state index contributed by atoms with van der Waals surface area (Å²) < 4.78 is 0. The van der Waals surface area contributed by atoms with Gasteiger partial charge in [0, 0.05) is 24.8 Å². The third kappa shape index (κ3) is 6.05. The van der Waals surface area contributed by atoms with Gasteiger partial charge in [-0.25, -0.2) is 0 Å². The topological polar surface area (TPSA) is 53.6 Å². The molecule has 0 aromatic heterocycles. The summed E-state index contributed by atoms with van der Waals surface area (Å²) in [6, 6.07) is 19.1. The largest absolute Gasteiger partial charge is 0.370 e. The average Bonchev–Trinajstić information content (AvgIpc) is 2.55. The molecule has 4 heteroatoms. The van der Waals surface area contributed by atoms with E-state index in [-0.39, 0.29) is 0 Å². The van der Waals surface area contributed by atoms with Crippen LogP contribution in [0.1, 0.15) is 24.5 Å². The van der Waals surface area contributed by atoms with E-state index in [1.54, 1.807) is 0 Å². The number of aryl methyl sites for hydroxylation is 1. The molecule has 0 aliphatic heterocycles. The van der Waals surface area contributed by atoms with Crippen LogP contribution in [0.4, 0.5) is 5.69 Å². The van der Waals surface area contributed by atoms with Crippen molar-refractivity contribution in [3.63, 3.8) is 0 Å². The standard InChI is InChI=1S/C20H28N4/c1-16-8-7-11-19(14-16)23-20(21)22-13-12-17(2)24(3)15-18-9-5-4-6-10-18/h4-11,14,17H,12-13,15H2,1-3H3,(H3,21,22,23). The molecule has 0 aliphatic carbocycles. The van der Waals surface area contributed by atoms with Gasteiger partial charge in [0.05, 0.1) is 0 Å². The number of nitrogens with two attached hydrogens (primary N) is 1. The summed E-state index contributed by atoms with van der Waals surface area (Å²) in [5, 5.41) is 3.14. The smallest absolute Gasteiger partial charge is 0.193 e. The molecule has 24 heavy (non-hydrogen) atoms. The molecule has 128 valence electrons. The molecule has 0 radical (unpaired) electrons. The van der Waals surface area contributed by atoms with Crippen LogP contribution in [0.5, 0.6) is 0 Å². The van der Waals surface area contributed by atoms with Crippen LogP contribution >= 0.6 is 0 Å². The van der Waals surface area contributed by atoms with Gasteiger partial charge in [-0.2, -0.15) is 0 Å². The number of guanidine groups is 1. The molecule has 1 atom stereocenters. The summed E-state index contributed by atoms with van der Waals surface area (Å²) in [6.07, 6.45) is 0.972. The van der Waals surface area contributed by atoms with E-state index in [2.05, 4.69) is 72.5 Å². The summed E-state index contributed by atoms with van der Waals surface area (Å²) in [5.74, 6) is 0.471. The second kappa shape index (κ2) is 9.08. The van der Waals surface area contributed by atoms with Gasteiger partial charge in [0.2, 0.25) is 0 Å². The highest BCUT2D eigenvalue weighted by molar-refractivity contribution is 5.92. The molecular formula is C20H28N4. The van der Waals surface area contributed by atoms with E-state index in [0.29, 0.717) is 18.5 Å². The Hall–Kier alpha value is -2.33. The zero-order valence-corrected chi connectivity index (χ0v) is 14.9. The maximum atomic E-state index is 5.97. The summed E-state index contributed by atoms with van der Waals surface area (Å²) in [5.41, 5.74) is 9.47. The number of hydrogen-bond acceptors (Lipinski definition) is 2. The fourth-order valence-electron chi connectivity index (χ4n) is 2.53. The predicted molar refractivity (Wildman–Crippen MR) is 103 cm³/mol. The van der Waals surface area contributed by atoms with E-state index in [4.69, 9.17) is 5.73 Å². The lowest BCUT2D eigenvalue weighted by molar-refractivity contribution is 0.240. The van der Waals surface area contributed by atoms with Gasteiger partial charge >= 0.3 is 0 Å². The van der Waals surface area contributed by atoms with Crippen LogP contribution in [0.2, 0.25) is 0 Å². The maximum Gasteiger partial charge on any atom is 0.193 e. The lowest BCUT2D eigenvalue weighted by atomic mass is 10.1. The molecule has 0 saturated heterocycles. The van der Waals surface area contributed by atoms with Gasteiger partial charge in [0.25, 0.3) is 0 Å². The van der Waals surface area contributed by atoms with E-state index in [0.717, 1.165) is 18.7 Å². The van der Waals surface area contributed by atoms with Crippen LogP contribution in [-0.4, -0.2) is 30.5 Å². The third-order valence-electron chi connectivity index (χ3n) is 4.15. The van der Waals surface area contributed by atoms with E-state index < -0.39 is 0 Å². The molecule has 0 saturated carbocycles. The first-order chi connectivity index (χ1) is 11.5. The molecule has 0 aliphatic rings. The second-order valence-electron chi connectivity index (χ2n) is 6.30. The minimum absolute atomic E-state index is 0.445. The van der Waals surface area contributed by atoms with Crippen LogP contribution in [0.15, 0.2) is 59.6 Å². The molecule has 3 N–H and O–H groups in total. The molecule has 1 unspecified atom stereocenters. The number of hydrogen-bond donors (Lipinski definition) is 2. The highest BCUT2D eigenvalue weighted by Crippen LogP contribution is 2.10. The Labute approximate surface area is 145 Å². The number of nitrogens with one attached hydrogen (secondary N) is 1. The van der Waals surface area contributed by atoms with E-state index in [1.165, 1.54) is 11.1 Å². The summed E-state index contributed by atoms with van der Waals surface area (Å²) in [7, 11) is 2.15. The zero-order valence-electron chi connectivity index (χ0n) is 14.9. The fourth-order valence-corrected chi connectivity index (χ4v) is 2.53. The molecule has 0 spiro atoms. The lowest BCUT2D eigenvalue weighted by Gasteiger charge is -2.24. The number of anilines is 1. The molecule has 0 fully saturated rings. The van der Waals surface area contributed by atoms with Gasteiger partial charge < -0.3 is 11.1 Å². The summed E-state index contributed by atoms with van der Waals surface area (Å²) in [4.78, 5) is 6.78. The van der Waals surface area contributed by atoms with Crippen LogP contribution in [0.3, 0.4) is 0 Å². The van der Waals surface area contributed by atoms with Crippen molar-refractivity contribution in [3.8, 4) is 0 Å². The van der Waals surface area contributed by atoms with E-state index in [9.17, 15) is 0 Å². The Morgan fingerprint density at radius 3 is 2.62 bits per heavy atom. The number of benzene rings is 2. The van der Waals surface area contributed by atoms with Crippen molar-refractivity contribution < 1.29 is 0 Å². The van der Waals surface area contributed by atoms with Gasteiger partial charge in [0.15, 0.2) is 5.96 Å². The highest BCUT2D eigenvalue weighted by Gasteiger charge is 2.09. The average molecular weight is 324 g/mol. The van der Waals surface area contributed by atoms with Gasteiger partial charge in [-0.15, -0.1) is 0 Å². The first-order valence-electron chi connectivity index (χ1n) is 8.42. The van der Waals surface area contributed by atoms with E-state index >= 15 is 0 Å². The zero-order chi connectivity index (χ0) is 17.4. The highest BCUT2D eigenvalue weighted by atomic mass is 15.1. The molecule has 0 bridgehead atoms. The van der Waals surface area contributed by atoms with Gasteiger partial charge in [0.1, 0.15) is 0 Å². The van der Waals surface area contributed by atoms with Crippen LogP contribution in [-0.2, 0) is 6.54 Å². The van der Waals surface area contributed by atoms with Crippen LogP contribution in [0.25, 0.3) is 0 Å². The maximum absolute atomic E-state index is 5.97. The summed E-state index contributed by atoms with van der Waals surface area (Å²) >= 11 is 0. The van der Waals surface area contributed by atoms with Crippen molar-refractivity contribution in [2.75, 3.05) is 18.9 Å². The Morgan fingerprint density at radius 2 is 1.92 bits per heavy atom. The Bertz CT molecular complexity index is 652. The lowest BCUT2D eigenvalue weighted by Crippen LogP contribution is -2.30. The van der Waals surface area contributed by atoms with E-state index in [1.807, 2.05) is 18.2 Å². The van der Waals surface area contributed by atoms with Crippen molar-refractivity contribution in [3.05, 3.63) is 65.7 Å². The molecule has 2 aromatic rings. The quantitative estimate of drug-likeness (QED) is 0.604. The van der Waals surface area contributed by atoms with Crippen molar-refractivity contribution >= 4 is 11.6 Å². The SMILES string of the molecule is Cc1cccc(NC(N)=NCCC(C)N(C)Cc2ccccc2)c1. The van der Waals surface area contributed by atoms with Gasteiger partial charge in [-0.05, 0) is 50.6 Å². The molecular weight excluding hydrogens is 296 g/mol. The predicted octanol–water partition coefficient (Wildman–Crippen LogP) is 3.63. The van der Waals surface area contributed by atoms with Crippen molar-refractivity contribution in [1.29, 1.82) is 0 Å². The molecule has 0 amide bonds.